The summed E-state index contributed by atoms with van der Waals surface area (Å²) in [4.78, 5) is 6.44. The predicted octanol–water partition coefficient (Wildman–Crippen LogP) is 0.835. The van der Waals surface area contributed by atoms with Crippen LogP contribution in [0.5, 0.6) is 0 Å². The highest BCUT2D eigenvalue weighted by Gasteiger charge is 2.25. The Balaban J connectivity index is 1.90. The van der Waals surface area contributed by atoms with Crippen molar-refractivity contribution in [3.63, 3.8) is 0 Å². The predicted molar refractivity (Wildman–Crippen MR) is 58.7 cm³/mol. The normalized spacial score (nSPS) is 27.2. The molecule has 90 valence electrons. The third-order valence-corrected chi connectivity index (χ3v) is 3.18. The molecule has 1 aliphatic rings. The molecule has 1 aromatic rings. The SMILES string of the molecule is CCc1nc(CN2CCC(C)C(O)C2)no1. The fourth-order valence-corrected chi connectivity index (χ4v) is 1.96. The Morgan fingerprint density at radius 3 is 3.00 bits per heavy atom. The first-order valence-electron chi connectivity index (χ1n) is 5.91. The second-order valence-corrected chi connectivity index (χ2v) is 4.53. The van der Waals surface area contributed by atoms with Crippen molar-refractivity contribution in [2.45, 2.75) is 39.3 Å². The molecule has 1 aromatic heterocycles. The number of aliphatic hydroxyl groups excluding tert-OH is 1. The largest absolute Gasteiger partial charge is 0.392 e. The fraction of sp³-hybridized carbons (Fsp3) is 0.818. The van der Waals surface area contributed by atoms with Crippen LogP contribution in [0.25, 0.3) is 0 Å². The Hall–Kier alpha value is -0.940. The van der Waals surface area contributed by atoms with Gasteiger partial charge in [-0.25, -0.2) is 0 Å². The third-order valence-electron chi connectivity index (χ3n) is 3.18. The number of piperidine rings is 1. The van der Waals surface area contributed by atoms with Gasteiger partial charge in [-0.15, -0.1) is 0 Å². The summed E-state index contributed by atoms with van der Waals surface area (Å²) in [5.41, 5.74) is 0. The quantitative estimate of drug-likeness (QED) is 0.825. The molecule has 1 saturated heterocycles. The first-order valence-corrected chi connectivity index (χ1v) is 5.91. The van der Waals surface area contributed by atoms with Gasteiger partial charge in [-0.3, -0.25) is 4.90 Å². The highest BCUT2D eigenvalue weighted by atomic mass is 16.5. The molecule has 2 atom stereocenters. The number of aliphatic hydroxyl groups is 1. The van der Waals surface area contributed by atoms with E-state index in [9.17, 15) is 5.11 Å². The highest BCUT2D eigenvalue weighted by molar-refractivity contribution is 4.88. The Kier molecular flexibility index (Phi) is 3.56. The van der Waals surface area contributed by atoms with Crippen LogP contribution in [0.3, 0.4) is 0 Å². The molecule has 0 spiro atoms. The van der Waals surface area contributed by atoms with Gasteiger partial charge in [0.1, 0.15) is 0 Å². The lowest BCUT2D eigenvalue weighted by molar-refractivity contribution is 0.0246. The van der Waals surface area contributed by atoms with E-state index in [0.29, 0.717) is 24.9 Å². The molecule has 1 N–H and O–H groups in total. The fourth-order valence-electron chi connectivity index (χ4n) is 1.96. The van der Waals surface area contributed by atoms with Gasteiger partial charge in [0.05, 0.1) is 12.6 Å². The van der Waals surface area contributed by atoms with E-state index < -0.39 is 0 Å². The monoisotopic (exact) mass is 225 g/mol. The third kappa shape index (κ3) is 2.59. The van der Waals surface area contributed by atoms with Gasteiger partial charge in [0.15, 0.2) is 5.82 Å². The molecule has 16 heavy (non-hydrogen) atoms. The maximum atomic E-state index is 9.77. The number of β-amino-alcohol motifs (C(OH)–C–C–N with tert-alkyl or cyclic N) is 1. The lowest BCUT2D eigenvalue weighted by Crippen LogP contribution is -2.42. The van der Waals surface area contributed by atoms with Gasteiger partial charge in [-0.1, -0.05) is 19.0 Å². The molecule has 0 aliphatic carbocycles. The van der Waals surface area contributed by atoms with E-state index in [4.69, 9.17) is 4.52 Å². The number of nitrogens with zero attached hydrogens (tertiary/aromatic N) is 3. The molecule has 2 heterocycles. The number of aryl methyl sites for hydroxylation is 1. The number of rotatable bonds is 3. The van der Waals surface area contributed by atoms with Crippen molar-refractivity contribution in [1.29, 1.82) is 0 Å². The minimum Gasteiger partial charge on any atom is -0.392 e. The summed E-state index contributed by atoms with van der Waals surface area (Å²) in [6, 6.07) is 0. The molecule has 5 nitrogen and oxygen atoms in total. The van der Waals surface area contributed by atoms with Gasteiger partial charge in [0.25, 0.3) is 0 Å². The summed E-state index contributed by atoms with van der Waals surface area (Å²) < 4.78 is 5.05. The molecule has 1 fully saturated rings. The van der Waals surface area contributed by atoms with E-state index in [0.717, 1.165) is 25.2 Å². The Labute approximate surface area is 95.4 Å². The Morgan fingerprint density at radius 1 is 1.56 bits per heavy atom. The van der Waals surface area contributed by atoms with E-state index in [1.807, 2.05) is 6.92 Å². The lowest BCUT2D eigenvalue weighted by Gasteiger charge is -2.33. The van der Waals surface area contributed by atoms with Gasteiger partial charge in [0.2, 0.25) is 5.89 Å². The molecule has 0 aromatic carbocycles. The topological polar surface area (TPSA) is 62.4 Å². The van der Waals surface area contributed by atoms with Crippen molar-refractivity contribution < 1.29 is 9.63 Å². The van der Waals surface area contributed by atoms with Crippen LogP contribution in [0.1, 0.15) is 32.0 Å². The first kappa shape index (κ1) is 11.5. The zero-order chi connectivity index (χ0) is 11.5. The zero-order valence-corrected chi connectivity index (χ0v) is 9.89. The summed E-state index contributed by atoms with van der Waals surface area (Å²) in [6.45, 7) is 6.45. The van der Waals surface area contributed by atoms with E-state index in [1.54, 1.807) is 0 Å². The number of hydrogen-bond donors (Lipinski definition) is 1. The molecule has 2 rings (SSSR count). The van der Waals surface area contributed by atoms with Gasteiger partial charge < -0.3 is 9.63 Å². The van der Waals surface area contributed by atoms with E-state index in [1.165, 1.54) is 0 Å². The number of aromatic nitrogens is 2. The second-order valence-electron chi connectivity index (χ2n) is 4.53. The number of hydrogen-bond acceptors (Lipinski definition) is 5. The summed E-state index contributed by atoms with van der Waals surface area (Å²) >= 11 is 0. The van der Waals surface area contributed by atoms with Crippen molar-refractivity contribution in [2.75, 3.05) is 13.1 Å². The highest BCUT2D eigenvalue weighted by Crippen LogP contribution is 2.18. The van der Waals surface area contributed by atoms with Crippen LogP contribution < -0.4 is 0 Å². The Bertz CT molecular complexity index is 340. The maximum Gasteiger partial charge on any atom is 0.226 e. The summed E-state index contributed by atoms with van der Waals surface area (Å²) in [7, 11) is 0. The van der Waals surface area contributed by atoms with Gasteiger partial charge in [0, 0.05) is 13.0 Å². The van der Waals surface area contributed by atoms with Crippen LogP contribution in [0.4, 0.5) is 0 Å². The molecule has 5 heteroatoms. The lowest BCUT2D eigenvalue weighted by atomic mass is 9.96. The van der Waals surface area contributed by atoms with Crippen LogP contribution in [-0.4, -0.2) is 39.3 Å². The molecular formula is C11H19N3O2. The average molecular weight is 225 g/mol. The maximum absolute atomic E-state index is 9.77. The van der Waals surface area contributed by atoms with Crippen LogP contribution in [0.2, 0.25) is 0 Å². The summed E-state index contributed by atoms with van der Waals surface area (Å²) in [6.07, 6.45) is 1.57. The second kappa shape index (κ2) is 4.93. The first-order chi connectivity index (χ1) is 7.69. The number of likely N-dealkylation sites (tertiary alicyclic amines) is 1. The van der Waals surface area contributed by atoms with E-state index >= 15 is 0 Å². The molecule has 0 bridgehead atoms. The molecule has 0 radical (unpaired) electrons. The molecule has 2 unspecified atom stereocenters. The molecule has 0 amide bonds. The van der Waals surface area contributed by atoms with E-state index in [-0.39, 0.29) is 6.10 Å². The van der Waals surface area contributed by atoms with Gasteiger partial charge in [-0.2, -0.15) is 4.98 Å². The van der Waals surface area contributed by atoms with Crippen LogP contribution >= 0.6 is 0 Å². The van der Waals surface area contributed by atoms with Crippen LogP contribution in [0, 0.1) is 5.92 Å². The molecule has 0 saturated carbocycles. The summed E-state index contributed by atoms with van der Waals surface area (Å²) in [5.74, 6) is 1.80. The van der Waals surface area contributed by atoms with Gasteiger partial charge in [-0.05, 0) is 18.9 Å². The summed E-state index contributed by atoms with van der Waals surface area (Å²) in [5, 5.41) is 13.7. The van der Waals surface area contributed by atoms with Crippen LogP contribution in [0.15, 0.2) is 4.52 Å². The zero-order valence-electron chi connectivity index (χ0n) is 9.89. The van der Waals surface area contributed by atoms with E-state index in [2.05, 4.69) is 22.0 Å². The van der Waals surface area contributed by atoms with Crippen LogP contribution in [-0.2, 0) is 13.0 Å². The van der Waals surface area contributed by atoms with Crippen molar-refractivity contribution in [3.8, 4) is 0 Å². The van der Waals surface area contributed by atoms with Crippen molar-refractivity contribution in [3.05, 3.63) is 11.7 Å². The van der Waals surface area contributed by atoms with Gasteiger partial charge >= 0.3 is 0 Å². The Morgan fingerprint density at radius 2 is 2.38 bits per heavy atom. The van der Waals surface area contributed by atoms with Crippen molar-refractivity contribution in [1.82, 2.24) is 15.0 Å². The standard InChI is InChI=1S/C11H19N3O2/c1-3-11-12-10(13-16-11)7-14-5-4-8(2)9(15)6-14/h8-9,15H,3-7H2,1-2H3. The minimum absolute atomic E-state index is 0.230. The minimum atomic E-state index is -0.230. The average Bonchev–Trinajstić information content (AvgIpc) is 2.71. The molecular weight excluding hydrogens is 206 g/mol. The molecule has 1 aliphatic heterocycles. The van der Waals surface area contributed by atoms with Crippen molar-refractivity contribution in [2.24, 2.45) is 5.92 Å². The van der Waals surface area contributed by atoms with Crippen molar-refractivity contribution >= 4 is 0 Å². The smallest absolute Gasteiger partial charge is 0.226 e.